The highest BCUT2D eigenvalue weighted by Crippen LogP contribution is 2.44. The molecule has 1 N–H and O–H groups in total. The highest BCUT2D eigenvalue weighted by Gasteiger charge is 2.34. The Kier molecular flexibility index (Phi) is 3.23. The molecule has 0 aromatic carbocycles. The van der Waals surface area contributed by atoms with Crippen molar-refractivity contribution >= 4 is 27.3 Å². The summed E-state index contributed by atoms with van der Waals surface area (Å²) in [4.78, 5) is 10.1. The van der Waals surface area contributed by atoms with Crippen molar-refractivity contribution in [1.82, 2.24) is 9.97 Å². The van der Waals surface area contributed by atoms with E-state index in [1.54, 1.807) is 17.5 Å². The molecule has 0 aliphatic heterocycles. The summed E-state index contributed by atoms with van der Waals surface area (Å²) in [5.41, 5.74) is 2.02. The van der Waals surface area contributed by atoms with Crippen LogP contribution in [0.4, 0.5) is 0 Å². The first-order valence-electron chi connectivity index (χ1n) is 6.24. The minimum absolute atomic E-state index is 0.116. The number of nitrogens with zero attached hydrogens (tertiary/aromatic N) is 2. The number of fused-ring (bicyclic) bond motifs is 1. The molecule has 0 bridgehead atoms. The zero-order chi connectivity index (χ0) is 13.6. The molecule has 100 valence electrons. The Hall–Kier alpha value is -0.780. The van der Waals surface area contributed by atoms with E-state index in [1.807, 2.05) is 12.1 Å². The number of aliphatic hydroxyl groups excluding tert-OH is 1. The van der Waals surface area contributed by atoms with Gasteiger partial charge in [0, 0.05) is 10.7 Å². The standard InChI is InChI=1S/C14H15BrN2OS/c1-14(2)5-10-12(11(18)6-14)19-13(17-10)9-4-3-8(15)7-16-9/h3-4,7,11,18H,5-6H2,1-2H3. The summed E-state index contributed by atoms with van der Waals surface area (Å²) in [7, 11) is 0. The molecule has 0 spiro atoms. The van der Waals surface area contributed by atoms with Gasteiger partial charge < -0.3 is 5.11 Å². The number of hydrogen-bond acceptors (Lipinski definition) is 4. The average Bonchev–Trinajstić information content (AvgIpc) is 2.72. The predicted octanol–water partition coefficient (Wildman–Crippen LogP) is 3.97. The van der Waals surface area contributed by atoms with Gasteiger partial charge in [-0.1, -0.05) is 13.8 Å². The first kappa shape index (κ1) is 13.2. The summed E-state index contributed by atoms with van der Waals surface area (Å²) in [5, 5.41) is 11.1. The third-order valence-electron chi connectivity index (χ3n) is 3.37. The molecule has 1 aliphatic carbocycles. The van der Waals surface area contributed by atoms with Crippen LogP contribution in [0.2, 0.25) is 0 Å². The smallest absolute Gasteiger partial charge is 0.142 e. The molecular weight excluding hydrogens is 324 g/mol. The van der Waals surface area contributed by atoms with E-state index in [2.05, 4.69) is 39.7 Å². The molecule has 1 aliphatic rings. The van der Waals surface area contributed by atoms with Crippen molar-refractivity contribution in [3.05, 3.63) is 33.4 Å². The van der Waals surface area contributed by atoms with Crippen LogP contribution in [-0.4, -0.2) is 15.1 Å². The first-order chi connectivity index (χ1) is 8.94. The molecule has 2 aromatic rings. The van der Waals surface area contributed by atoms with E-state index in [0.29, 0.717) is 0 Å². The van der Waals surface area contributed by atoms with Crippen molar-refractivity contribution in [2.45, 2.75) is 32.8 Å². The maximum absolute atomic E-state index is 10.2. The van der Waals surface area contributed by atoms with Crippen LogP contribution in [0.3, 0.4) is 0 Å². The van der Waals surface area contributed by atoms with Crippen molar-refractivity contribution in [3.8, 4) is 10.7 Å². The molecule has 3 rings (SSSR count). The molecule has 0 amide bonds. The largest absolute Gasteiger partial charge is 0.387 e. The zero-order valence-electron chi connectivity index (χ0n) is 10.9. The molecule has 0 fully saturated rings. The molecular formula is C14H15BrN2OS. The van der Waals surface area contributed by atoms with Crippen LogP contribution >= 0.6 is 27.3 Å². The second-order valence-corrected chi connectivity index (χ2v) is 7.70. The van der Waals surface area contributed by atoms with Gasteiger partial charge in [0.25, 0.3) is 0 Å². The van der Waals surface area contributed by atoms with Gasteiger partial charge in [0.2, 0.25) is 0 Å². The van der Waals surface area contributed by atoms with Crippen LogP contribution in [0.1, 0.15) is 36.9 Å². The summed E-state index contributed by atoms with van der Waals surface area (Å²) in [5.74, 6) is 0. The van der Waals surface area contributed by atoms with Gasteiger partial charge in [0.1, 0.15) is 5.01 Å². The van der Waals surface area contributed by atoms with E-state index in [0.717, 1.165) is 38.6 Å². The molecule has 1 atom stereocenters. The van der Waals surface area contributed by atoms with Crippen LogP contribution in [0, 0.1) is 5.41 Å². The molecule has 2 aromatic heterocycles. The Balaban J connectivity index is 2.01. The molecule has 3 nitrogen and oxygen atoms in total. The Labute approximate surface area is 124 Å². The lowest BCUT2D eigenvalue weighted by molar-refractivity contribution is 0.102. The Bertz CT molecular complexity index is 606. The average molecular weight is 339 g/mol. The van der Waals surface area contributed by atoms with Crippen molar-refractivity contribution in [2.75, 3.05) is 0 Å². The van der Waals surface area contributed by atoms with Gasteiger partial charge in [-0.15, -0.1) is 11.3 Å². The summed E-state index contributed by atoms with van der Waals surface area (Å²) >= 11 is 4.94. The van der Waals surface area contributed by atoms with E-state index in [9.17, 15) is 5.11 Å². The van der Waals surface area contributed by atoms with Gasteiger partial charge >= 0.3 is 0 Å². The van der Waals surface area contributed by atoms with E-state index in [-0.39, 0.29) is 11.5 Å². The fourth-order valence-corrected chi connectivity index (χ4v) is 3.78. The number of aliphatic hydroxyl groups is 1. The lowest BCUT2D eigenvalue weighted by Crippen LogP contribution is -2.24. The molecule has 19 heavy (non-hydrogen) atoms. The van der Waals surface area contributed by atoms with E-state index in [4.69, 9.17) is 0 Å². The Morgan fingerprint density at radius 3 is 2.89 bits per heavy atom. The van der Waals surface area contributed by atoms with Crippen molar-refractivity contribution in [2.24, 2.45) is 5.41 Å². The number of thiazole rings is 1. The van der Waals surface area contributed by atoms with Gasteiger partial charge in [-0.2, -0.15) is 0 Å². The van der Waals surface area contributed by atoms with Gasteiger partial charge in [-0.05, 0) is 46.3 Å². The van der Waals surface area contributed by atoms with Crippen LogP contribution in [0.25, 0.3) is 10.7 Å². The molecule has 0 saturated heterocycles. The second kappa shape index (κ2) is 4.65. The maximum Gasteiger partial charge on any atom is 0.142 e. The van der Waals surface area contributed by atoms with Crippen molar-refractivity contribution < 1.29 is 5.11 Å². The lowest BCUT2D eigenvalue weighted by atomic mass is 9.77. The van der Waals surface area contributed by atoms with E-state index >= 15 is 0 Å². The highest BCUT2D eigenvalue weighted by molar-refractivity contribution is 9.10. The molecule has 2 heterocycles. The van der Waals surface area contributed by atoms with Crippen LogP contribution < -0.4 is 0 Å². The Morgan fingerprint density at radius 1 is 1.42 bits per heavy atom. The van der Waals surface area contributed by atoms with E-state index < -0.39 is 0 Å². The third kappa shape index (κ3) is 2.59. The first-order valence-corrected chi connectivity index (χ1v) is 7.85. The van der Waals surface area contributed by atoms with Crippen LogP contribution in [0.5, 0.6) is 0 Å². The zero-order valence-corrected chi connectivity index (χ0v) is 13.3. The normalized spacial score (nSPS) is 21.2. The fraction of sp³-hybridized carbons (Fsp3) is 0.429. The molecule has 0 radical (unpaired) electrons. The minimum Gasteiger partial charge on any atom is -0.387 e. The lowest BCUT2D eigenvalue weighted by Gasteiger charge is -2.31. The molecule has 1 unspecified atom stereocenters. The number of pyridine rings is 1. The van der Waals surface area contributed by atoms with Gasteiger partial charge in [-0.25, -0.2) is 4.98 Å². The summed E-state index contributed by atoms with van der Waals surface area (Å²) in [6.45, 7) is 4.35. The number of aromatic nitrogens is 2. The fourth-order valence-electron chi connectivity index (χ4n) is 2.50. The van der Waals surface area contributed by atoms with Gasteiger partial charge in [0.05, 0.1) is 22.4 Å². The van der Waals surface area contributed by atoms with Gasteiger partial charge in [-0.3, -0.25) is 4.98 Å². The number of hydrogen-bond donors (Lipinski definition) is 1. The number of rotatable bonds is 1. The van der Waals surface area contributed by atoms with Crippen molar-refractivity contribution in [1.29, 1.82) is 0 Å². The predicted molar refractivity (Wildman–Crippen MR) is 80.1 cm³/mol. The quantitative estimate of drug-likeness (QED) is 0.855. The summed E-state index contributed by atoms with van der Waals surface area (Å²) in [6, 6.07) is 3.91. The topological polar surface area (TPSA) is 46.0 Å². The van der Waals surface area contributed by atoms with Crippen molar-refractivity contribution in [3.63, 3.8) is 0 Å². The second-order valence-electron chi connectivity index (χ2n) is 5.75. The summed E-state index contributed by atoms with van der Waals surface area (Å²) < 4.78 is 0.957. The third-order valence-corrected chi connectivity index (χ3v) is 5.06. The monoisotopic (exact) mass is 338 g/mol. The molecule has 5 heteroatoms. The molecule has 0 saturated carbocycles. The summed E-state index contributed by atoms with van der Waals surface area (Å²) in [6.07, 6.45) is 3.11. The SMILES string of the molecule is CC1(C)Cc2nc(-c3ccc(Br)cn3)sc2C(O)C1. The number of halogens is 1. The van der Waals surface area contributed by atoms with E-state index in [1.165, 1.54) is 0 Å². The van der Waals surface area contributed by atoms with Gasteiger partial charge in [0.15, 0.2) is 0 Å². The minimum atomic E-state index is -0.388. The Morgan fingerprint density at radius 2 is 2.21 bits per heavy atom. The maximum atomic E-state index is 10.2. The van der Waals surface area contributed by atoms with Crippen LogP contribution in [-0.2, 0) is 6.42 Å². The van der Waals surface area contributed by atoms with Crippen LogP contribution in [0.15, 0.2) is 22.8 Å². The highest BCUT2D eigenvalue weighted by atomic mass is 79.9.